The number of fused-ring (bicyclic) bond motifs is 1. The van der Waals surface area contributed by atoms with E-state index in [0.29, 0.717) is 12.6 Å². The Hall–Kier alpha value is -1.39. The summed E-state index contributed by atoms with van der Waals surface area (Å²) in [5, 5.41) is 8.86. The van der Waals surface area contributed by atoms with Gasteiger partial charge in [0.15, 0.2) is 0 Å². The van der Waals surface area contributed by atoms with Crippen LogP contribution in [0, 0.1) is 0 Å². The van der Waals surface area contributed by atoms with Crippen LogP contribution >= 0.6 is 0 Å². The number of hydrogen-bond donors (Lipinski definition) is 1. The molecule has 2 heterocycles. The SMILES string of the molecule is CCc1nc2ccccc2n1C1CCN(CCCCCO)CC1. The van der Waals surface area contributed by atoms with Crippen molar-refractivity contribution >= 4 is 11.0 Å². The third-order valence-corrected chi connectivity index (χ3v) is 5.04. The maximum atomic E-state index is 8.86. The van der Waals surface area contributed by atoms with Crippen LogP contribution in [0.1, 0.15) is 50.9 Å². The van der Waals surface area contributed by atoms with Gasteiger partial charge in [-0.3, -0.25) is 0 Å². The molecule has 3 rings (SSSR count). The summed E-state index contributed by atoms with van der Waals surface area (Å²) < 4.78 is 2.50. The Labute approximate surface area is 139 Å². The second-order valence-corrected chi connectivity index (χ2v) is 6.60. The van der Waals surface area contributed by atoms with Gasteiger partial charge in [-0.25, -0.2) is 4.98 Å². The summed E-state index contributed by atoms with van der Waals surface area (Å²) in [5.41, 5.74) is 2.43. The Morgan fingerprint density at radius 2 is 1.91 bits per heavy atom. The van der Waals surface area contributed by atoms with Crippen LogP contribution in [0.15, 0.2) is 24.3 Å². The second-order valence-electron chi connectivity index (χ2n) is 6.60. The number of benzene rings is 1. The summed E-state index contributed by atoms with van der Waals surface area (Å²) in [6.07, 6.45) is 6.72. The summed E-state index contributed by atoms with van der Waals surface area (Å²) in [4.78, 5) is 7.40. The van der Waals surface area contributed by atoms with Crippen LogP contribution < -0.4 is 0 Å². The molecular formula is C19H29N3O. The van der Waals surface area contributed by atoms with Gasteiger partial charge in [-0.1, -0.05) is 19.1 Å². The Kier molecular flexibility index (Phi) is 5.68. The number of likely N-dealkylation sites (tertiary alicyclic amines) is 1. The fourth-order valence-corrected chi connectivity index (χ4v) is 3.78. The molecular weight excluding hydrogens is 286 g/mol. The number of hydrogen-bond acceptors (Lipinski definition) is 3. The van der Waals surface area contributed by atoms with Crippen molar-refractivity contribution in [3.63, 3.8) is 0 Å². The smallest absolute Gasteiger partial charge is 0.109 e. The highest BCUT2D eigenvalue weighted by Gasteiger charge is 2.23. The number of piperidine rings is 1. The first kappa shape index (κ1) is 16.5. The molecule has 0 aliphatic carbocycles. The standard InChI is InChI=1S/C19H29N3O/c1-2-19-20-17-8-4-5-9-18(17)22(19)16-10-13-21(14-11-16)12-6-3-7-15-23/h4-5,8-9,16,23H,2-3,6-7,10-15H2,1H3. The molecule has 0 saturated carbocycles. The molecule has 1 aliphatic heterocycles. The van der Waals surface area contributed by atoms with E-state index in [4.69, 9.17) is 10.1 Å². The zero-order valence-electron chi connectivity index (χ0n) is 14.2. The Balaban J connectivity index is 1.63. The van der Waals surface area contributed by atoms with E-state index in [1.54, 1.807) is 0 Å². The predicted molar refractivity (Wildman–Crippen MR) is 94.8 cm³/mol. The lowest BCUT2D eigenvalue weighted by molar-refractivity contribution is 0.182. The monoisotopic (exact) mass is 315 g/mol. The van der Waals surface area contributed by atoms with Crippen LogP contribution in [0.2, 0.25) is 0 Å². The van der Waals surface area contributed by atoms with Gasteiger partial charge in [0.25, 0.3) is 0 Å². The molecule has 1 N–H and O–H groups in total. The van der Waals surface area contributed by atoms with E-state index in [1.807, 2.05) is 0 Å². The van der Waals surface area contributed by atoms with Crippen LogP contribution in [-0.4, -0.2) is 45.8 Å². The summed E-state index contributed by atoms with van der Waals surface area (Å²) in [5.74, 6) is 1.23. The third-order valence-electron chi connectivity index (χ3n) is 5.04. The van der Waals surface area contributed by atoms with Gasteiger partial charge in [-0.05, 0) is 50.8 Å². The van der Waals surface area contributed by atoms with Crippen molar-refractivity contribution in [2.24, 2.45) is 0 Å². The highest BCUT2D eigenvalue weighted by Crippen LogP contribution is 2.29. The zero-order chi connectivity index (χ0) is 16.1. The van der Waals surface area contributed by atoms with Gasteiger partial charge in [0.1, 0.15) is 5.82 Å². The van der Waals surface area contributed by atoms with E-state index >= 15 is 0 Å². The summed E-state index contributed by atoms with van der Waals surface area (Å²) in [6, 6.07) is 9.13. The van der Waals surface area contributed by atoms with Crippen LogP contribution in [0.25, 0.3) is 11.0 Å². The van der Waals surface area contributed by atoms with Gasteiger partial charge in [0.2, 0.25) is 0 Å². The maximum Gasteiger partial charge on any atom is 0.109 e. The van der Waals surface area contributed by atoms with Crippen molar-refractivity contribution in [3.05, 3.63) is 30.1 Å². The minimum atomic E-state index is 0.329. The molecule has 0 bridgehead atoms. The van der Waals surface area contributed by atoms with Gasteiger partial charge in [0.05, 0.1) is 11.0 Å². The van der Waals surface area contributed by atoms with Crippen molar-refractivity contribution in [1.29, 1.82) is 0 Å². The molecule has 1 saturated heterocycles. The molecule has 4 nitrogen and oxygen atoms in total. The number of aliphatic hydroxyl groups excluding tert-OH is 1. The summed E-state index contributed by atoms with van der Waals surface area (Å²) in [6.45, 7) is 6.07. The number of aliphatic hydroxyl groups is 1. The number of rotatable bonds is 7. The van der Waals surface area contributed by atoms with Crippen molar-refractivity contribution in [2.45, 2.75) is 51.5 Å². The Morgan fingerprint density at radius 1 is 1.13 bits per heavy atom. The van der Waals surface area contributed by atoms with E-state index < -0.39 is 0 Å². The lowest BCUT2D eigenvalue weighted by atomic mass is 10.0. The van der Waals surface area contributed by atoms with Gasteiger partial charge in [-0.15, -0.1) is 0 Å². The molecule has 0 spiro atoms. The topological polar surface area (TPSA) is 41.3 Å². The number of unbranched alkanes of at least 4 members (excludes halogenated alkanes) is 2. The highest BCUT2D eigenvalue weighted by molar-refractivity contribution is 5.76. The second kappa shape index (κ2) is 7.93. The molecule has 1 aliphatic rings. The first-order valence-corrected chi connectivity index (χ1v) is 9.12. The van der Waals surface area contributed by atoms with Crippen LogP contribution in [0.5, 0.6) is 0 Å². The fourth-order valence-electron chi connectivity index (χ4n) is 3.78. The largest absolute Gasteiger partial charge is 0.396 e. The zero-order valence-corrected chi connectivity index (χ0v) is 14.2. The molecule has 0 radical (unpaired) electrons. The Morgan fingerprint density at radius 3 is 2.65 bits per heavy atom. The van der Waals surface area contributed by atoms with E-state index in [9.17, 15) is 0 Å². The number of para-hydroxylation sites is 2. The van der Waals surface area contributed by atoms with Gasteiger partial charge >= 0.3 is 0 Å². The third kappa shape index (κ3) is 3.75. The summed E-state index contributed by atoms with van der Waals surface area (Å²) >= 11 is 0. The molecule has 0 amide bonds. The average molecular weight is 315 g/mol. The normalized spacial score (nSPS) is 17.1. The molecule has 1 fully saturated rings. The molecule has 4 heteroatoms. The molecule has 2 aromatic rings. The van der Waals surface area contributed by atoms with Crippen LogP contribution in [0.3, 0.4) is 0 Å². The maximum absolute atomic E-state index is 8.86. The highest BCUT2D eigenvalue weighted by atomic mass is 16.2. The van der Waals surface area contributed by atoms with Crippen LogP contribution in [0.4, 0.5) is 0 Å². The number of nitrogens with zero attached hydrogens (tertiary/aromatic N) is 3. The molecule has 1 aromatic heterocycles. The Bertz CT molecular complexity index is 614. The van der Waals surface area contributed by atoms with Gasteiger partial charge < -0.3 is 14.6 Å². The minimum absolute atomic E-state index is 0.329. The quantitative estimate of drug-likeness (QED) is 0.796. The number of aromatic nitrogens is 2. The first-order valence-electron chi connectivity index (χ1n) is 9.12. The molecule has 1 aromatic carbocycles. The van der Waals surface area contributed by atoms with Crippen molar-refractivity contribution in [1.82, 2.24) is 14.5 Å². The van der Waals surface area contributed by atoms with Crippen molar-refractivity contribution < 1.29 is 5.11 Å². The van der Waals surface area contributed by atoms with E-state index in [-0.39, 0.29) is 0 Å². The predicted octanol–water partition coefficient (Wildman–Crippen LogP) is 3.40. The van der Waals surface area contributed by atoms with Gasteiger partial charge in [-0.2, -0.15) is 0 Å². The first-order chi connectivity index (χ1) is 11.3. The molecule has 23 heavy (non-hydrogen) atoms. The van der Waals surface area contributed by atoms with E-state index in [0.717, 1.165) is 24.8 Å². The average Bonchev–Trinajstić information content (AvgIpc) is 2.98. The summed E-state index contributed by atoms with van der Waals surface area (Å²) in [7, 11) is 0. The lowest BCUT2D eigenvalue weighted by Gasteiger charge is -2.33. The number of imidazole rings is 1. The number of aryl methyl sites for hydroxylation is 1. The molecule has 0 atom stereocenters. The van der Waals surface area contributed by atoms with E-state index in [2.05, 4.69) is 40.7 Å². The van der Waals surface area contributed by atoms with Gasteiger partial charge in [0, 0.05) is 32.2 Å². The van der Waals surface area contributed by atoms with Crippen molar-refractivity contribution in [3.8, 4) is 0 Å². The molecule has 126 valence electrons. The minimum Gasteiger partial charge on any atom is -0.396 e. The lowest BCUT2D eigenvalue weighted by Crippen LogP contribution is -2.35. The fraction of sp³-hybridized carbons (Fsp3) is 0.632. The molecule has 0 unspecified atom stereocenters. The van der Waals surface area contributed by atoms with Crippen LogP contribution in [-0.2, 0) is 6.42 Å². The van der Waals surface area contributed by atoms with E-state index in [1.165, 1.54) is 50.2 Å². The van der Waals surface area contributed by atoms with Crippen molar-refractivity contribution in [2.75, 3.05) is 26.2 Å².